The fraction of sp³-hybridized carbons (Fsp3) is 0.333. The van der Waals surface area contributed by atoms with Crippen LogP contribution in [-0.2, 0) is 13.0 Å². The van der Waals surface area contributed by atoms with Gasteiger partial charge in [0.1, 0.15) is 16.7 Å². The molecule has 1 aromatic heterocycles. The number of aromatic nitrogens is 1. The standard InChI is InChI=1S/C18H23ClN4O2/c1-20-18(21-9-8-13-4-7-17(19)22-11-13)23-12-14-5-6-15(24-2)10-16(14)25-3/h4-7,10-11H,8-9,12H2,1-3H3,(H2,20,21,23). The van der Waals surface area contributed by atoms with Gasteiger partial charge in [0.25, 0.3) is 0 Å². The first kappa shape index (κ1) is 18.9. The van der Waals surface area contributed by atoms with Crippen molar-refractivity contribution in [2.75, 3.05) is 27.8 Å². The predicted molar refractivity (Wildman–Crippen MR) is 101 cm³/mol. The highest BCUT2D eigenvalue weighted by atomic mass is 35.5. The summed E-state index contributed by atoms with van der Waals surface area (Å²) in [6.07, 6.45) is 2.61. The van der Waals surface area contributed by atoms with Gasteiger partial charge in [0, 0.05) is 38.0 Å². The summed E-state index contributed by atoms with van der Waals surface area (Å²) >= 11 is 5.79. The Morgan fingerprint density at radius 1 is 1.16 bits per heavy atom. The smallest absolute Gasteiger partial charge is 0.191 e. The number of pyridine rings is 1. The summed E-state index contributed by atoms with van der Waals surface area (Å²) in [5.41, 5.74) is 2.14. The lowest BCUT2D eigenvalue weighted by atomic mass is 10.2. The number of rotatable bonds is 7. The molecular formula is C18H23ClN4O2. The Kier molecular flexibility index (Phi) is 7.35. The first-order chi connectivity index (χ1) is 12.2. The van der Waals surface area contributed by atoms with Crippen LogP contribution in [-0.4, -0.2) is 38.8 Å². The third-order valence-electron chi connectivity index (χ3n) is 3.66. The molecule has 25 heavy (non-hydrogen) atoms. The Balaban J connectivity index is 1.85. The van der Waals surface area contributed by atoms with Crippen molar-refractivity contribution in [3.63, 3.8) is 0 Å². The van der Waals surface area contributed by atoms with Crippen LogP contribution < -0.4 is 20.1 Å². The largest absolute Gasteiger partial charge is 0.497 e. The highest BCUT2D eigenvalue weighted by molar-refractivity contribution is 6.29. The van der Waals surface area contributed by atoms with Gasteiger partial charge in [-0.2, -0.15) is 0 Å². The van der Waals surface area contributed by atoms with Crippen molar-refractivity contribution >= 4 is 17.6 Å². The lowest BCUT2D eigenvalue weighted by Crippen LogP contribution is -2.37. The van der Waals surface area contributed by atoms with E-state index in [9.17, 15) is 0 Å². The van der Waals surface area contributed by atoms with Crippen LogP contribution in [0.3, 0.4) is 0 Å². The molecular weight excluding hydrogens is 340 g/mol. The molecule has 6 nitrogen and oxygen atoms in total. The van der Waals surface area contributed by atoms with Crippen molar-refractivity contribution in [1.82, 2.24) is 15.6 Å². The maximum atomic E-state index is 5.79. The Morgan fingerprint density at radius 3 is 2.64 bits per heavy atom. The zero-order valence-corrected chi connectivity index (χ0v) is 15.4. The maximum absolute atomic E-state index is 5.79. The average Bonchev–Trinajstić information content (AvgIpc) is 2.65. The van der Waals surface area contributed by atoms with Crippen molar-refractivity contribution in [3.05, 3.63) is 52.8 Å². The summed E-state index contributed by atoms with van der Waals surface area (Å²) in [5.74, 6) is 2.26. The van der Waals surface area contributed by atoms with Gasteiger partial charge in [-0.05, 0) is 30.2 Å². The molecule has 1 aromatic carbocycles. The number of nitrogens with one attached hydrogen (secondary N) is 2. The van der Waals surface area contributed by atoms with Crippen molar-refractivity contribution in [2.24, 2.45) is 4.99 Å². The number of nitrogens with zero attached hydrogens (tertiary/aromatic N) is 2. The Hall–Kier alpha value is -2.47. The van der Waals surface area contributed by atoms with Crippen LogP contribution in [0.1, 0.15) is 11.1 Å². The van der Waals surface area contributed by atoms with Crippen LogP contribution in [0.25, 0.3) is 0 Å². The molecule has 0 atom stereocenters. The van der Waals surface area contributed by atoms with Crippen LogP contribution in [0.2, 0.25) is 5.15 Å². The first-order valence-electron chi connectivity index (χ1n) is 7.92. The van der Waals surface area contributed by atoms with E-state index in [1.54, 1.807) is 33.5 Å². The topological polar surface area (TPSA) is 67.8 Å². The van der Waals surface area contributed by atoms with Gasteiger partial charge in [-0.15, -0.1) is 0 Å². The number of benzene rings is 1. The Labute approximate surface area is 153 Å². The number of halogens is 1. The van der Waals surface area contributed by atoms with Gasteiger partial charge in [0.05, 0.1) is 14.2 Å². The van der Waals surface area contributed by atoms with Crippen LogP contribution >= 0.6 is 11.6 Å². The van der Waals surface area contributed by atoms with Gasteiger partial charge < -0.3 is 20.1 Å². The molecule has 0 saturated heterocycles. The summed E-state index contributed by atoms with van der Waals surface area (Å²) in [5, 5.41) is 7.05. The molecule has 0 spiro atoms. The number of methoxy groups -OCH3 is 2. The van der Waals surface area contributed by atoms with Gasteiger partial charge in [-0.1, -0.05) is 17.7 Å². The monoisotopic (exact) mass is 362 g/mol. The molecule has 1 heterocycles. The van der Waals surface area contributed by atoms with Crippen LogP contribution in [0.5, 0.6) is 11.5 Å². The Bertz CT molecular complexity index is 705. The number of guanidine groups is 1. The molecule has 0 saturated carbocycles. The number of aliphatic imine (C=N–C) groups is 1. The van der Waals surface area contributed by atoms with E-state index < -0.39 is 0 Å². The summed E-state index contributed by atoms with van der Waals surface area (Å²) in [6, 6.07) is 9.50. The third kappa shape index (κ3) is 5.83. The number of hydrogen-bond acceptors (Lipinski definition) is 4. The zero-order chi connectivity index (χ0) is 18.1. The molecule has 7 heteroatoms. The van der Waals surface area contributed by atoms with E-state index in [0.717, 1.165) is 41.6 Å². The first-order valence-corrected chi connectivity index (χ1v) is 8.30. The van der Waals surface area contributed by atoms with Crippen LogP contribution in [0, 0.1) is 0 Å². The van der Waals surface area contributed by atoms with Crippen LogP contribution in [0.15, 0.2) is 41.5 Å². The van der Waals surface area contributed by atoms with Gasteiger partial charge in [0.15, 0.2) is 5.96 Å². The van der Waals surface area contributed by atoms with E-state index >= 15 is 0 Å². The van der Waals surface area contributed by atoms with Gasteiger partial charge in [0.2, 0.25) is 0 Å². The fourth-order valence-electron chi connectivity index (χ4n) is 2.28. The second-order valence-electron chi connectivity index (χ2n) is 5.27. The molecule has 0 unspecified atom stereocenters. The highest BCUT2D eigenvalue weighted by Crippen LogP contribution is 2.24. The molecule has 0 aliphatic carbocycles. The van der Waals surface area contributed by atoms with E-state index in [0.29, 0.717) is 11.7 Å². The van der Waals surface area contributed by atoms with E-state index in [1.165, 1.54) is 0 Å². The minimum Gasteiger partial charge on any atom is -0.497 e. The molecule has 0 aliphatic rings. The van der Waals surface area contributed by atoms with E-state index in [2.05, 4.69) is 20.6 Å². The third-order valence-corrected chi connectivity index (χ3v) is 3.88. The Morgan fingerprint density at radius 2 is 2.00 bits per heavy atom. The summed E-state index contributed by atoms with van der Waals surface area (Å²) < 4.78 is 10.6. The maximum Gasteiger partial charge on any atom is 0.191 e. The SMILES string of the molecule is CN=C(NCCc1ccc(Cl)nc1)NCc1ccc(OC)cc1OC. The van der Waals surface area contributed by atoms with E-state index in [-0.39, 0.29) is 0 Å². The molecule has 2 aromatic rings. The molecule has 2 rings (SSSR count). The van der Waals surface area contributed by atoms with Crippen LogP contribution in [0.4, 0.5) is 0 Å². The molecule has 0 bridgehead atoms. The normalized spacial score (nSPS) is 11.1. The van der Waals surface area contributed by atoms with E-state index in [1.807, 2.05) is 24.3 Å². The van der Waals surface area contributed by atoms with Crippen molar-refractivity contribution in [1.29, 1.82) is 0 Å². The highest BCUT2D eigenvalue weighted by Gasteiger charge is 2.06. The molecule has 0 amide bonds. The average molecular weight is 363 g/mol. The summed E-state index contributed by atoms with van der Waals surface area (Å²) in [6.45, 7) is 1.33. The van der Waals surface area contributed by atoms with Crippen molar-refractivity contribution in [2.45, 2.75) is 13.0 Å². The van der Waals surface area contributed by atoms with Gasteiger partial charge in [-0.25, -0.2) is 4.98 Å². The quantitative estimate of drug-likeness (QED) is 0.450. The number of ether oxygens (including phenoxy) is 2. The molecule has 0 aliphatic heterocycles. The van der Waals surface area contributed by atoms with Gasteiger partial charge >= 0.3 is 0 Å². The van der Waals surface area contributed by atoms with Crippen molar-refractivity contribution in [3.8, 4) is 11.5 Å². The minimum absolute atomic E-state index is 0.502. The molecule has 0 radical (unpaired) electrons. The lowest BCUT2D eigenvalue weighted by molar-refractivity contribution is 0.390. The summed E-state index contributed by atoms with van der Waals surface area (Å²) in [7, 11) is 5.02. The molecule has 134 valence electrons. The second kappa shape index (κ2) is 9.74. The second-order valence-corrected chi connectivity index (χ2v) is 5.66. The molecule has 0 fully saturated rings. The minimum atomic E-state index is 0.502. The lowest BCUT2D eigenvalue weighted by Gasteiger charge is -2.14. The molecule has 2 N–H and O–H groups in total. The van der Waals surface area contributed by atoms with Crippen molar-refractivity contribution < 1.29 is 9.47 Å². The number of hydrogen-bond donors (Lipinski definition) is 2. The van der Waals surface area contributed by atoms with E-state index in [4.69, 9.17) is 21.1 Å². The van der Waals surface area contributed by atoms with Gasteiger partial charge in [-0.3, -0.25) is 4.99 Å². The predicted octanol–water partition coefficient (Wildman–Crippen LogP) is 2.66. The fourth-order valence-corrected chi connectivity index (χ4v) is 2.39. The summed E-state index contributed by atoms with van der Waals surface area (Å²) in [4.78, 5) is 8.30. The zero-order valence-electron chi connectivity index (χ0n) is 14.7.